The van der Waals surface area contributed by atoms with Gasteiger partial charge in [-0.1, -0.05) is 0 Å². The molecular formula is C9H15N3O4. The molecule has 3 N–H and O–H groups in total. The molecule has 0 radical (unpaired) electrons. The lowest BCUT2D eigenvalue weighted by Crippen LogP contribution is -2.48. The van der Waals surface area contributed by atoms with E-state index in [1.807, 2.05) is 0 Å². The van der Waals surface area contributed by atoms with Gasteiger partial charge in [-0.15, -0.1) is 0 Å². The fraction of sp³-hybridized carbons (Fsp3) is 0.667. The van der Waals surface area contributed by atoms with Gasteiger partial charge in [-0.05, 0) is 13.3 Å². The number of aliphatic carboxylic acids is 1. The highest BCUT2D eigenvalue weighted by molar-refractivity contribution is 5.86. The predicted molar refractivity (Wildman–Crippen MR) is 54.8 cm³/mol. The largest absolute Gasteiger partial charge is 0.480 e. The zero-order valence-corrected chi connectivity index (χ0v) is 9.02. The van der Waals surface area contributed by atoms with E-state index in [4.69, 9.17) is 5.11 Å². The minimum absolute atomic E-state index is 0.0296. The van der Waals surface area contributed by atoms with Crippen molar-refractivity contribution >= 4 is 17.9 Å². The van der Waals surface area contributed by atoms with Gasteiger partial charge in [0.2, 0.25) is 5.91 Å². The number of carbonyl (C=O) groups is 3. The molecule has 1 atom stereocenters. The number of carbonyl (C=O) groups excluding carboxylic acids is 2. The molecule has 1 fully saturated rings. The Morgan fingerprint density at radius 1 is 1.56 bits per heavy atom. The zero-order valence-electron chi connectivity index (χ0n) is 9.02. The lowest BCUT2D eigenvalue weighted by Gasteiger charge is -2.21. The average Bonchev–Trinajstić information content (AvgIpc) is 2.42. The van der Waals surface area contributed by atoms with Crippen molar-refractivity contribution in [2.24, 2.45) is 0 Å². The lowest BCUT2D eigenvalue weighted by molar-refractivity contribution is -0.138. The van der Waals surface area contributed by atoms with Gasteiger partial charge in [0.25, 0.3) is 0 Å². The van der Waals surface area contributed by atoms with Gasteiger partial charge in [-0.25, -0.2) is 4.79 Å². The number of hydrogen-bond acceptors (Lipinski definition) is 3. The van der Waals surface area contributed by atoms with Crippen molar-refractivity contribution in [1.29, 1.82) is 0 Å². The first-order valence-corrected chi connectivity index (χ1v) is 5.05. The number of carboxylic acid groups (broad SMARTS) is 1. The molecule has 0 aliphatic carbocycles. The van der Waals surface area contributed by atoms with Crippen LogP contribution in [0.5, 0.6) is 0 Å². The van der Waals surface area contributed by atoms with Gasteiger partial charge in [-0.2, -0.15) is 0 Å². The van der Waals surface area contributed by atoms with Crippen LogP contribution in [0.1, 0.15) is 13.3 Å². The fourth-order valence-corrected chi connectivity index (χ4v) is 1.32. The molecule has 0 aromatic rings. The summed E-state index contributed by atoms with van der Waals surface area (Å²) < 4.78 is 0. The Morgan fingerprint density at radius 2 is 2.25 bits per heavy atom. The van der Waals surface area contributed by atoms with Crippen LogP contribution in [0.2, 0.25) is 0 Å². The Balaban J connectivity index is 2.52. The van der Waals surface area contributed by atoms with E-state index in [0.717, 1.165) is 0 Å². The molecule has 0 saturated carbocycles. The van der Waals surface area contributed by atoms with Crippen LogP contribution in [-0.4, -0.2) is 53.6 Å². The summed E-state index contributed by atoms with van der Waals surface area (Å²) in [6, 6.07) is -1.48. The molecule has 1 aliphatic rings. The van der Waals surface area contributed by atoms with Crippen molar-refractivity contribution in [3.8, 4) is 0 Å². The summed E-state index contributed by atoms with van der Waals surface area (Å²) >= 11 is 0. The zero-order chi connectivity index (χ0) is 12.1. The van der Waals surface area contributed by atoms with E-state index in [0.29, 0.717) is 19.5 Å². The molecule has 3 amide bonds. The van der Waals surface area contributed by atoms with Crippen LogP contribution in [0.15, 0.2) is 0 Å². The Bertz CT molecular complexity index is 305. The van der Waals surface area contributed by atoms with E-state index in [2.05, 4.69) is 10.6 Å². The number of rotatable bonds is 2. The van der Waals surface area contributed by atoms with Crippen molar-refractivity contribution in [3.63, 3.8) is 0 Å². The molecule has 0 spiro atoms. The summed E-state index contributed by atoms with van der Waals surface area (Å²) in [5.74, 6) is -1.33. The third-order valence-electron chi connectivity index (χ3n) is 2.26. The molecule has 1 rings (SSSR count). The van der Waals surface area contributed by atoms with Crippen LogP contribution in [0.4, 0.5) is 4.79 Å². The van der Waals surface area contributed by atoms with E-state index >= 15 is 0 Å². The van der Waals surface area contributed by atoms with Crippen LogP contribution in [0.25, 0.3) is 0 Å². The Labute approximate surface area is 92.8 Å². The summed E-state index contributed by atoms with van der Waals surface area (Å²) in [5, 5.41) is 13.6. The van der Waals surface area contributed by atoms with Crippen molar-refractivity contribution in [2.75, 3.05) is 19.6 Å². The maximum atomic E-state index is 11.6. The number of hydrogen-bond donors (Lipinski definition) is 3. The molecule has 16 heavy (non-hydrogen) atoms. The fourth-order valence-electron chi connectivity index (χ4n) is 1.32. The molecule has 0 aromatic heterocycles. The molecule has 1 unspecified atom stereocenters. The molecule has 7 nitrogen and oxygen atoms in total. The van der Waals surface area contributed by atoms with E-state index in [-0.39, 0.29) is 12.5 Å². The van der Waals surface area contributed by atoms with Gasteiger partial charge in [0, 0.05) is 13.1 Å². The van der Waals surface area contributed by atoms with E-state index in [9.17, 15) is 14.4 Å². The predicted octanol–water partition coefficient (Wildman–Crippen LogP) is -1.01. The summed E-state index contributed by atoms with van der Waals surface area (Å²) in [7, 11) is 0. The first-order valence-electron chi connectivity index (χ1n) is 5.05. The molecule has 1 aliphatic heterocycles. The summed E-state index contributed by atoms with van der Waals surface area (Å²) in [6.07, 6.45) is 0.667. The van der Waals surface area contributed by atoms with Crippen LogP contribution in [0.3, 0.4) is 0 Å². The summed E-state index contributed by atoms with van der Waals surface area (Å²) in [4.78, 5) is 34.6. The standard InChI is InChI=1S/C9H15N3O4/c1-6(8(14)15)11-9(16)12-4-2-3-10-7(13)5-12/h6H,2-5H2,1H3,(H,10,13)(H,11,16)(H,14,15). The third-order valence-corrected chi connectivity index (χ3v) is 2.26. The van der Waals surface area contributed by atoms with Crippen molar-refractivity contribution in [2.45, 2.75) is 19.4 Å². The number of nitrogens with one attached hydrogen (secondary N) is 2. The molecule has 1 heterocycles. The molecule has 1 saturated heterocycles. The molecule has 7 heteroatoms. The first kappa shape index (κ1) is 12.3. The van der Waals surface area contributed by atoms with Gasteiger partial charge in [-0.3, -0.25) is 9.59 Å². The first-order chi connectivity index (χ1) is 7.50. The number of nitrogens with zero attached hydrogens (tertiary/aromatic N) is 1. The van der Waals surface area contributed by atoms with E-state index < -0.39 is 18.0 Å². The Hall–Kier alpha value is -1.79. The summed E-state index contributed by atoms with van der Waals surface area (Å²) in [6.45, 7) is 2.32. The Kier molecular flexibility index (Phi) is 4.10. The topological polar surface area (TPSA) is 98.7 Å². The number of urea groups is 1. The second-order valence-corrected chi connectivity index (χ2v) is 3.63. The monoisotopic (exact) mass is 229 g/mol. The van der Waals surface area contributed by atoms with Gasteiger partial charge in [0.1, 0.15) is 12.6 Å². The van der Waals surface area contributed by atoms with Crippen LogP contribution >= 0.6 is 0 Å². The van der Waals surface area contributed by atoms with Crippen LogP contribution < -0.4 is 10.6 Å². The minimum atomic E-state index is -1.10. The van der Waals surface area contributed by atoms with Crippen LogP contribution in [-0.2, 0) is 9.59 Å². The maximum absolute atomic E-state index is 11.6. The highest BCUT2D eigenvalue weighted by Crippen LogP contribution is 1.97. The third kappa shape index (κ3) is 3.41. The molecule has 0 bridgehead atoms. The van der Waals surface area contributed by atoms with Crippen molar-refractivity contribution < 1.29 is 19.5 Å². The van der Waals surface area contributed by atoms with E-state index in [1.165, 1.54) is 11.8 Å². The number of amides is 3. The quantitative estimate of drug-likeness (QED) is 0.565. The van der Waals surface area contributed by atoms with Gasteiger partial charge in [0.05, 0.1) is 0 Å². The normalized spacial score (nSPS) is 18.3. The highest BCUT2D eigenvalue weighted by atomic mass is 16.4. The Morgan fingerprint density at radius 3 is 2.88 bits per heavy atom. The highest BCUT2D eigenvalue weighted by Gasteiger charge is 2.22. The van der Waals surface area contributed by atoms with Gasteiger partial charge >= 0.3 is 12.0 Å². The summed E-state index contributed by atoms with van der Waals surface area (Å²) in [5.41, 5.74) is 0. The van der Waals surface area contributed by atoms with Gasteiger partial charge < -0.3 is 20.6 Å². The molecule has 90 valence electrons. The van der Waals surface area contributed by atoms with Crippen LogP contribution in [0, 0.1) is 0 Å². The second kappa shape index (κ2) is 5.34. The van der Waals surface area contributed by atoms with E-state index in [1.54, 1.807) is 0 Å². The molecular weight excluding hydrogens is 214 g/mol. The average molecular weight is 229 g/mol. The minimum Gasteiger partial charge on any atom is -0.480 e. The lowest BCUT2D eigenvalue weighted by atomic mass is 10.3. The number of carboxylic acids is 1. The second-order valence-electron chi connectivity index (χ2n) is 3.63. The van der Waals surface area contributed by atoms with Crippen molar-refractivity contribution in [1.82, 2.24) is 15.5 Å². The maximum Gasteiger partial charge on any atom is 0.325 e. The smallest absolute Gasteiger partial charge is 0.325 e. The SMILES string of the molecule is CC(NC(=O)N1CCCNC(=O)C1)C(=O)O. The van der Waals surface area contributed by atoms with Crippen molar-refractivity contribution in [3.05, 3.63) is 0 Å². The van der Waals surface area contributed by atoms with Gasteiger partial charge in [0.15, 0.2) is 0 Å². The molecule has 0 aromatic carbocycles.